The molecule has 43 heavy (non-hydrogen) atoms. The van der Waals surface area contributed by atoms with Crippen molar-refractivity contribution in [2.75, 3.05) is 17.1 Å². The van der Waals surface area contributed by atoms with Crippen molar-refractivity contribution in [3.05, 3.63) is 89.1 Å². The molecule has 0 unspecified atom stereocenters. The molecule has 0 aliphatic carbocycles. The number of pyridine rings is 1. The molecule has 2 aromatic carbocycles. The lowest BCUT2D eigenvalue weighted by atomic mass is 9.87. The molecule has 1 atom stereocenters. The number of nitrogens with two attached hydrogens (primary N) is 1. The summed E-state index contributed by atoms with van der Waals surface area (Å²) in [4.78, 5) is 29.2. The maximum absolute atomic E-state index is 14.2. The van der Waals surface area contributed by atoms with Crippen molar-refractivity contribution in [1.82, 2.24) is 19.9 Å². The van der Waals surface area contributed by atoms with Gasteiger partial charge < -0.3 is 15.4 Å². The number of nitrogen functional groups attached to an aromatic ring is 1. The summed E-state index contributed by atoms with van der Waals surface area (Å²) in [5.74, 6) is 0.0440. The third-order valence-electron chi connectivity index (χ3n) is 7.19. The van der Waals surface area contributed by atoms with Crippen molar-refractivity contribution in [3.8, 4) is 17.1 Å². The van der Waals surface area contributed by atoms with E-state index >= 15 is 0 Å². The van der Waals surface area contributed by atoms with E-state index in [2.05, 4.69) is 40.4 Å². The molecule has 0 saturated heterocycles. The minimum atomic E-state index is -4.16. The van der Waals surface area contributed by atoms with Crippen LogP contribution in [0.1, 0.15) is 54.4 Å². The van der Waals surface area contributed by atoms with Gasteiger partial charge in [0.25, 0.3) is 15.9 Å². The van der Waals surface area contributed by atoms with Gasteiger partial charge in [-0.15, -0.1) is 0 Å². The van der Waals surface area contributed by atoms with Gasteiger partial charge >= 0.3 is 0 Å². The highest BCUT2D eigenvalue weighted by atomic mass is 32.2. The number of hydrogen-bond acceptors (Lipinski definition) is 8. The first-order valence-corrected chi connectivity index (χ1v) is 15.5. The van der Waals surface area contributed by atoms with Crippen molar-refractivity contribution >= 4 is 27.7 Å². The third kappa shape index (κ3) is 6.94. The monoisotopic (exact) mass is 600 g/mol. The molecule has 0 radical (unpaired) electrons. The lowest BCUT2D eigenvalue weighted by Crippen LogP contribution is -2.45. The van der Waals surface area contributed by atoms with Crippen molar-refractivity contribution in [2.45, 2.75) is 58.5 Å². The van der Waals surface area contributed by atoms with E-state index in [-0.39, 0.29) is 46.8 Å². The molecule has 2 aromatic heterocycles. The fourth-order valence-electron chi connectivity index (χ4n) is 5.31. The van der Waals surface area contributed by atoms with Gasteiger partial charge in [-0.3, -0.25) is 4.79 Å². The second-order valence-corrected chi connectivity index (χ2v) is 13.7. The SMILES string of the molecule is Cc1cccc(C)c1-c1cc2nc(n1)NS(=O)(=O)c1cccc(c1)C(=O)N(Cc1cccc(N)n1)[C@H](CC(C)(C)C)CO2. The van der Waals surface area contributed by atoms with Crippen LogP contribution in [0.2, 0.25) is 0 Å². The highest BCUT2D eigenvalue weighted by Crippen LogP contribution is 2.31. The molecule has 1 aliphatic heterocycles. The Labute approximate surface area is 252 Å². The molecular weight excluding hydrogens is 564 g/mol. The van der Waals surface area contributed by atoms with Crippen LogP contribution in [0.25, 0.3) is 11.3 Å². The Kier molecular flexibility index (Phi) is 8.11. The Bertz CT molecular complexity index is 1760. The van der Waals surface area contributed by atoms with Gasteiger partial charge in [-0.05, 0) is 67.1 Å². The number of benzene rings is 2. The summed E-state index contributed by atoms with van der Waals surface area (Å²) in [5, 5.41) is 0. The number of sulfonamides is 1. The average Bonchev–Trinajstić information content (AvgIpc) is 2.92. The van der Waals surface area contributed by atoms with Crippen LogP contribution < -0.4 is 15.2 Å². The van der Waals surface area contributed by atoms with Gasteiger partial charge in [0.2, 0.25) is 11.8 Å². The number of rotatable bonds is 4. The highest BCUT2D eigenvalue weighted by molar-refractivity contribution is 7.92. The van der Waals surface area contributed by atoms with Gasteiger partial charge in [0, 0.05) is 17.2 Å². The third-order valence-corrected chi connectivity index (χ3v) is 8.52. The highest BCUT2D eigenvalue weighted by Gasteiger charge is 2.31. The van der Waals surface area contributed by atoms with Crippen molar-refractivity contribution in [3.63, 3.8) is 0 Å². The Hall–Kier alpha value is -4.51. The molecule has 224 valence electrons. The molecule has 3 heterocycles. The predicted octanol–water partition coefficient (Wildman–Crippen LogP) is 5.38. The maximum atomic E-state index is 14.2. The predicted molar refractivity (Wildman–Crippen MR) is 166 cm³/mol. The minimum absolute atomic E-state index is 0.0875. The van der Waals surface area contributed by atoms with Gasteiger partial charge in [-0.2, -0.15) is 4.98 Å². The molecule has 5 rings (SSSR count). The normalized spacial score (nSPS) is 16.7. The van der Waals surface area contributed by atoms with Crippen LogP contribution in [0.15, 0.2) is 71.6 Å². The lowest BCUT2D eigenvalue weighted by Gasteiger charge is -2.35. The number of nitrogens with zero attached hydrogens (tertiary/aromatic N) is 4. The number of fused-ring (bicyclic) bond motifs is 4. The largest absolute Gasteiger partial charge is 0.475 e. The topological polar surface area (TPSA) is 140 Å². The summed E-state index contributed by atoms with van der Waals surface area (Å²) in [6.07, 6.45) is 0.582. The number of nitrogens with one attached hydrogen (secondary N) is 1. The van der Waals surface area contributed by atoms with Crippen molar-refractivity contribution in [1.29, 1.82) is 0 Å². The standard InChI is InChI=1S/C32H36N6O4S/c1-20-9-6-10-21(2)29(20)26-16-28-36-31(35-26)37-43(40,41)25-13-7-11-22(15-25)30(39)38(18-23-12-8-14-27(33)34-23)24(19-42-28)17-32(3,4)5/h6-16,24H,17-19H2,1-5H3,(H2,33,34)(H,35,36,37)/t24-/m1/s1. The number of hydrogen-bond donors (Lipinski definition) is 2. The summed E-state index contributed by atoms with van der Waals surface area (Å²) in [5.41, 5.74) is 9.92. The number of carbonyl (C=O) groups excluding carboxylic acids is 1. The minimum Gasteiger partial charge on any atom is -0.475 e. The van der Waals surface area contributed by atoms with Gasteiger partial charge in [0.05, 0.1) is 28.9 Å². The van der Waals surface area contributed by atoms with E-state index in [9.17, 15) is 13.2 Å². The molecular formula is C32H36N6O4S. The smallest absolute Gasteiger partial charge is 0.264 e. The molecule has 11 heteroatoms. The van der Waals surface area contributed by atoms with Gasteiger partial charge in [0.1, 0.15) is 12.4 Å². The molecule has 0 spiro atoms. The first-order valence-electron chi connectivity index (χ1n) is 14.0. The molecule has 0 fully saturated rings. The molecule has 3 N–H and O–H groups in total. The van der Waals surface area contributed by atoms with Crippen molar-refractivity contribution < 1.29 is 17.9 Å². The number of ether oxygens (including phenoxy) is 1. The molecule has 1 amide bonds. The summed E-state index contributed by atoms with van der Waals surface area (Å²) < 4.78 is 35.9. The molecule has 10 nitrogen and oxygen atoms in total. The number of aromatic nitrogens is 3. The quantitative estimate of drug-likeness (QED) is 0.318. The van der Waals surface area contributed by atoms with Gasteiger partial charge in [0.15, 0.2) is 0 Å². The second-order valence-electron chi connectivity index (χ2n) is 12.0. The van der Waals surface area contributed by atoms with E-state index < -0.39 is 16.1 Å². The fraction of sp³-hybridized carbons (Fsp3) is 0.312. The number of carbonyl (C=O) groups is 1. The van der Waals surface area contributed by atoms with Crippen LogP contribution in [-0.2, 0) is 16.6 Å². The van der Waals surface area contributed by atoms with Crippen LogP contribution in [-0.4, -0.2) is 46.8 Å². The Morgan fingerprint density at radius 1 is 0.977 bits per heavy atom. The van der Waals surface area contributed by atoms with E-state index in [0.717, 1.165) is 16.7 Å². The van der Waals surface area contributed by atoms with E-state index in [1.54, 1.807) is 41.3 Å². The average molecular weight is 601 g/mol. The van der Waals surface area contributed by atoms with Gasteiger partial charge in [-0.1, -0.05) is 51.1 Å². The van der Waals surface area contributed by atoms with Gasteiger partial charge in [-0.25, -0.2) is 23.1 Å². The molecule has 0 saturated carbocycles. The second kappa shape index (κ2) is 11.6. The van der Waals surface area contributed by atoms with E-state index in [1.807, 2.05) is 32.0 Å². The maximum Gasteiger partial charge on any atom is 0.264 e. The lowest BCUT2D eigenvalue weighted by molar-refractivity contribution is 0.0509. The van der Waals surface area contributed by atoms with E-state index in [1.165, 1.54) is 12.1 Å². The van der Waals surface area contributed by atoms with E-state index in [0.29, 0.717) is 23.6 Å². The summed E-state index contributed by atoms with van der Waals surface area (Å²) in [7, 11) is -4.16. The first kappa shape index (κ1) is 30.0. The zero-order valence-electron chi connectivity index (χ0n) is 25.0. The summed E-state index contributed by atoms with van der Waals surface area (Å²) >= 11 is 0. The Morgan fingerprint density at radius 3 is 2.37 bits per heavy atom. The number of amides is 1. The van der Waals surface area contributed by atoms with Crippen molar-refractivity contribution in [2.24, 2.45) is 5.41 Å². The molecule has 1 aliphatic rings. The first-order chi connectivity index (χ1) is 20.3. The summed E-state index contributed by atoms with van der Waals surface area (Å²) in [6.45, 7) is 10.5. The van der Waals surface area contributed by atoms with Crippen LogP contribution >= 0.6 is 0 Å². The zero-order chi connectivity index (χ0) is 30.9. The fourth-order valence-corrected chi connectivity index (χ4v) is 6.30. The Morgan fingerprint density at radius 2 is 1.67 bits per heavy atom. The van der Waals surface area contributed by atoms with Crippen LogP contribution in [0.4, 0.5) is 11.8 Å². The van der Waals surface area contributed by atoms with Crippen LogP contribution in [0.3, 0.4) is 0 Å². The number of anilines is 2. The Balaban J connectivity index is 1.68. The van der Waals surface area contributed by atoms with Crippen LogP contribution in [0, 0.1) is 19.3 Å². The molecule has 4 aromatic rings. The van der Waals surface area contributed by atoms with Crippen LogP contribution in [0.5, 0.6) is 5.88 Å². The molecule has 4 bridgehead atoms. The summed E-state index contributed by atoms with van der Waals surface area (Å²) in [6, 6.07) is 18.4. The zero-order valence-corrected chi connectivity index (χ0v) is 25.8. The number of aryl methyl sites for hydroxylation is 2. The van der Waals surface area contributed by atoms with E-state index in [4.69, 9.17) is 10.5 Å².